The van der Waals surface area contributed by atoms with Crippen LogP contribution in [0.4, 0.5) is 4.79 Å². The zero-order valence-electron chi connectivity index (χ0n) is 17.9. The van der Waals surface area contributed by atoms with Gasteiger partial charge in [-0.05, 0) is 50.9 Å². The normalized spacial score (nSPS) is 30.8. The summed E-state index contributed by atoms with van der Waals surface area (Å²) in [7, 11) is 0. The number of amides is 2. The highest BCUT2D eigenvalue weighted by Gasteiger charge is 2.41. The molecule has 3 saturated heterocycles. The van der Waals surface area contributed by atoms with Crippen molar-refractivity contribution in [3.63, 3.8) is 0 Å². The summed E-state index contributed by atoms with van der Waals surface area (Å²) in [6.07, 6.45) is 14.3. The molecule has 3 aliphatic heterocycles. The first-order valence-electron chi connectivity index (χ1n) is 11.9. The molecule has 0 radical (unpaired) electrons. The second-order valence-electron chi connectivity index (χ2n) is 9.05. The summed E-state index contributed by atoms with van der Waals surface area (Å²) in [6, 6.07) is 0. The molecule has 3 fully saturated rings. The van der Waals surface area contributed by atoms with Crippen molar-refractivity contribution < 1.29 is 14.3 Å². The summed E-state index contributed by atoms with van der Waals surface area (Å²) in [4.78, 5) is 29.6. The third-order valence-electron chi connectivity index (χ3n) is 7.16. The molecule has 3 aliphatic rings. The van der Waals surface area contributed by atoms with Crippen molar-refractivity contribution in [2.45, 2.75) is 84.0 Å². The van der Waals surface area contributed by atoms with Crippen LogP contribution in [0.15, 0.2) is 0 Å². The second kappa shape index (κ2) is 11.1. The first-order chi connectivity index (χ1) is 13.7. The lowest BCUT2D eigenvalue weighted by atomic mass is 9.71. The average Bonchev–Trinajstić information content (AvgIpc) is 2.70. The SMILES string of the molecule is CCOC(=O)N1CC[C@H]2[C@H](CCCCCCCCCCN3CCC[C@@H]2C3=O)C1. The van der Waals surface area contributed by atoms with E-state index in [9.17, 15) is 9.59 Å². The molecule has 3 rings (SSSR count). The Labute approximate surface area is 171 Å². The van der Waals surface area contributed by atoms with Crippen molar-refractivity contribution in [1.82, 2.24) is 9.80 Å². The minimum absolute atomic E-state index is 0.173. The van der Waals surface area contributed by atoms with E-state index in [-0.39, 0.29) is 12.0 Å². The van der Waals surface area contributed by atoms with Gasteiger partial charge in [-0.2, -0.15) is 0 Å². The molecule has 160 valence electrons. The number of ether oxygens (including phenoxy) is 1. The van der Waals surface area contributed by atoms with Crippen LogP contribution in [0, 0.1) is 17.8 Å². The molecule has 2 bridgehead atoms. The maximum absolute atomic E-state index is 13.3. The first-order valence-corrected chi connectivity index (χ1v) is 11.9. The lowest BCUT2D eigenvalue weighted by molar-refractivity contribution is -0.142. The Hall–Kier alpha value is -1.26. The van der Waals surface area contributed by atoms with Crippen LogP contribution in [0.5, 0.6) is 0 Å². The molecule has 0 saturated carbocycles. The molecule has 0 spiro atoms. The van der Waals surface area contributed by atoms with Crippen LogP contribution in [0.1, 0.15) is 84.0 Å². The molecule has 3 heterocycles. The molecule has 28 heavy (non-hydrogen) atoms. The summed E-state index contributed by atoms with van der Waals surface area (Å²) in [5.74, 6) is 1.46. The third-order valence-corrected chi connectivity index (χ3v) is 7.16. The Morgan fingerprint density at radius 1 is 0.893 bits per heavy atom. The van der Waals surface area contributed by atoms with Crippen molar-refractivity contribution in [2.24, 2.45) is 17.8 Å². The van der Waals surface area contributed by atoms with Gasteiger partial charge in [-0.1, -0.05) is 44.9 Å². The van der Waals surface area contributed by atoms with E-state index in [1.54, 1.807) is 0 Å². The summed E-state index contributed by atoms with van der Waals surface area (Å²) in [5.41, 5.74) is 0. The number of nitrogens with zero attached hydrogens (tertiary/aromatic N) is 2. The Kier molecular flexibility index (Phi) is 8.47. The molecule has 0 aromatic heterocycles. The van der Waals surface area contributed by atoms with E-state index in [2.05, 4.69) is 4.90 Å². The Balaban J connectivity index is 1.70. The predicted octanol–water partition coefficient (Wildman–Crippen LogP) is 4.84. The van der Waals surface area contributed by atoms with Gasteiger partial charge in [0.2, 0.25) is 5.91 Å². The van der Waals surface area contributed by atoms with Gasteiger partial charge >= 0.3 is 6.09 Å². The number of carbonyl (C=O) groups is 2. The monoisotopic (exact) mass is 392 g/mol. The number of piperidine rings is 2. The van der Waals surface area contributed by atoms with Crippen LogP contribution < -0.4 is 0 Å². The lowest BCUT2D eigenvalue weighted by Crippen LogP contribution is -2.51. The van der Waals surface area contributed by atoms with Crippen LogP contribution in [0.2, 0.25) is 0 Å². The topological polar surface area (TPSA) is 49.9 Å². The molecule has 0 unspecified atom stereocenters. The van der Waals surface area contributed by atoms with Gasteiger partial charge in [0.15, 0.2) is 0 Å². The maximum Gasteiger partial charge on any atom is 0.409 e. The zero-order chi connectivity index (χ0) is 19.8. The van der Waals surface area contributed by atoms with Crippen LogP contribution in [0.3, 0.4) is 0 Å². The fourth-order valence-corrected chi connectivity index (χ4v) is 5.63. The summed E-state index contributed by atoms with van der Waals surface area (Å²) < 4.78 is 5.26. The number of rotatable bonds is 1. The molecule has 5 heteroatoms. The van der Waals surface area contributed by atoms with Crippen LogP contribution in [-0.4, -0.2) is 54.6 Å². The van der Waals surface area contributed by atoms with Gasteiger partial charge in [-0.25, -0.2) is 4.79 Å². The molecular weight excluding hydrogens is 352 g/mol. The lowest BCUT2D eigenvalue weighted by Gasteiger charge is -2.44. The molecule has 2 amide bonds. The highest BCUT2D eigenvalue weighted by molar-refractivity contribution is 5.80. The molecule has 0 aromatic rings. The summed E-state index contributed by atoms with van der Waals surface area (Å²) in [5, 5.41) is 0. The number of carbonyl (C=O) groups excluding carboxylic acids is 2. The molecular formula is C23H40N2O3. The Bertz CT molecular complexity index is 510. The predicted molar refractivity (Wildman–Crippen MR) is 111 cm³/mol. The van der Waals surface area contributed by atoms with Gasteiger partial charge in [0.1, 0.15) is 0 Å². The molecule has 5 nitrogen and oxygen atoms in total. The van der Waals surface area contributed by atoms with Gasteiger partial charge < -0.3 is 14.5 Å². The van der Waals surface area contributed by atoms with Crippen LogP contribution in [0.25, 0.3) is 0 Å². The molecule has 0 N–H and O–H groups in total. The van der Waals surface area contributed by atoms with E-state index in [0.717, 1.165) is 58.3 Å². The maximum atomic E-state index is 13.3. The van der Waals surface area contributed by atoms with Crippen molar-refractivity contribution in [3.8, 4) is 0 Å². The van der Waals surface area contributed by atoms with E-state index in [4.69, 9.17) is 4.74 Å². The first kappa shape index (κ1) is 21.4. The van der Waals surface area contributed by atoms with E-state index in [1.807, 2.05) is 11.8 Å². The summed E-state index contributed by atoms with van der Waals surface area (Å²) in [6.45, 7) is 5.70. The van der Waals surface area contributed by atoms with Gasteiger partial charge in [0.25, 0.3) is 0 Å². The standard InChI is InChI=1S/C23H40N2O3/c1-2-28-23(27)25-17-14-20-19(18-25)12-9-7-5-3-4-6-8-10-15-24-16-11-13-21(20)22(24)26/h19-21H,2-18H2,1H3/t19-,20+,21+/m1/s1. The fourth-order valence-electron chi connectivity index (χ4n) is 5.63. The second-order valence-corrected chi connectivity index (χ2v) is 9.05. The summed E-state index contributed by atoms with van der Waals surface area (Å²) >= 11 is 0. The number of hydrogen-bond donors (Lipinski definition) is 0. The van der Waals surface area contributed by atoms with Crippen molar-refractivity contribution in [2.75, 3.05) is 32.8 Å². The smallest absolute Gasteiger partial charge is 0.409 e. The third kappa shape index (κ3) is 5.64. The number of likely N-dealkylation sites (tertiary alicyclic amines) is 1. The van der Waals surface area contributed by atoms with E-state index < -0.39 is 0 Å². The van der Waals surface area contributed by atoms with Crippen LogP contribution in [-0.2, 0) is 9.53 Å². The zero-order valence-corrected chi connectivity index (χ0v) is 17.9. The van der Waals surface area contributed by atoms with E-state index >= 15 is 0 Å². The number of hydrogen-bond acceptors (Lipinski definition) is 3. The van der Waals surface area contributed by atoms with Gasteiger partial charge in [-0.15, -0.1) is 0 Å². The largest absolute Gasteiger partial charge is 0.450 e. The van der Waals surface area contributed by atoms with Gasteiger partial charge in [-0.3, -0.25) is 4.79 Å². The average molecular weight is 393 g/mol. The van der Waals surface area contributed by atoms with Crippen molar-refractivity contribution in [1.29, 1.82) is 0 Å². The Morgan fingerprint density at radius 2 is 1.57 bits per heavy atom. The van der Waals surface area contributed by atoms with Crippen molar-refractivity contribution in [3.05, 3.63) is 0 Å². The fraction of sp³-hybridized carbons (Fsp3) is 0.913. The van der Waals surface area contributed by atoms with Crippen molar-refractivity contribution >= 4 is 12.0 Å². The van der Waals surface area contributed by atoms with Gasteiger partial charge in [0.05, 0.1) is 6.61 Å². The molecule has 0 aromatic carbocycles. The Morgan fingerprint density at radius 3 is 2.32 bits per heavy atom. The van der Waals surface area contributed by atoms with E-state index in [0.29, 0.717) is 24.3 Å². The number of fused-ring (bicyclic) bond motifs is 4. The van der Waals surface area contributed by atoms with Gasteiger partial charge in [0, 0.05) is 32.1 Å². The highest BCUT2D eigenvalue weighted by Crippen LogP contribution is 2.38. The minimum atomic E-state index is -0.173. The van der Waals surface area contributed by atoms with Crippen LogP contribution >= 0.6 is 0 Å². The minimum Gasteiger partial charge on any atom is -0.450 e. The quantitative estimate of drug-likeness (QED) is 0.641. The highest BCUT2D eigenvalue weighted by atomic mass is 16.6. The molecule has 0 aliphatic carbocycles. The van der Waals surface area contributed by atoms with E-state index in [1.165, 1.54) is 44.9 Å². The molecule has 3 atom stereocenters.